The Bertz CT molecular complexity index is 844. The minimum Gasteiger partial charge on any atom is -0.411 e. The Balaban J connectivity index is 1.70. The maximum atomic E-state index is 12.9. The van der Waals surface area contributed by atoms with E-state index in [0.29, 0.717) is 22.2 Å². The average molecular weight is 342 g/mol. The van der Waals surface area contributed by atoms with E-state index in [2.05, 4.69) is 10.2 Å². The number of hydrogen-bond acceptors (Lipinski definition) is 5. The molecule has 0 amide bonds. The van der Waals surface area contributed by atoms with Crippen molar-refractivity contribution in [3.63, 3.8) is 0 Å². The minimum absolute atomic E-state index is 0.00142. The van der Waals surface area contributed by atoms with E-state index in [4.69, 9.17) is 4.42 Å². The third-order valence-corrected chi connectivity index (χ3v) is 4.41. The van der Waals surface area contributed by atoms with Crippen LogP contribution >= 0.6 is 11.8 Å². The van der Waals surface area contributed by atoms with E-state index in [9.17, 15) is 9.18 Å². The zero-order valence-electron chi connectivity index (χ0n) is 13.2. The summed E-state index contributed by atoms with van der Waals surface area (Å²) in [6.07, 6.45) is 0. The van der Waals surface area contributed by atoms with Gasteiger partial charge in [-0.1, -0.05) is 41.6 Å². The first-order valence-corrected chi connectivity index (χ1v) is 8.28. The van der Waals surface area contributed by atoms with E-state index < -0.39 is 0 Å². The van der Waals surface area contributed by atoms with E-state index in [1.165, 1.54) is 23.9 Å². The summed E-state index contributed by atoms with van der Waals surface area (Å²) in [7, 11) is 0. The molecule has 6 heteroatoms. The second-order valence-corrected chi connectivity index (χ2v) is 6.66. The smallest absolute Gasteiger partial charge is 0.277 e. The zero-order chi connectivity index (χ0) is 17.1. The second-order valence-electron chi connectivity index (χ2n) is 5.37. The van der Waals surface area contributed by atoms with Gasteiger partial charge in [-0.15, -0.1) is 10.2 Å². The molecule has 0 fully saturated rings. The van der Waals surface area contributed by atoms with Gasteiger partial charge in [0.25, 0.3) is 5.22 Å². The van der Waals surface area contributed by atoms with Gasteiger partial charge in [0.15, 0.2) is 5.78 Å². The molecular weight excluding hydrogens is 327 g/mol. The van der Waals surface area contributed by atoms with Crippen LogP contribution in [0.1, 0.15) is 22.8 Å². The Morgan fingerprint density at radius 3 is 2.42 bits per heavy atom. The zero-order valence-corrected chi connectivity index (χ0v) is 14.0. The molecule has 3 aromatic rings. The van der Waals surface area contributed by atoms with Gasteiger partial charge >= 0.3 is 0 Å². The first-order chi connectivity index (χ1) is 11.5. The molecule has 1 heterocycles. The number of thioether (sulfide) groups is 1. The van der Waals surface area contributed by atoms with Crippen molar-refractivity contribution < 1.29 is 13.6 Å². The van der Waals surface area contributed by atoms with Gasteiger partial charge in [-0.2, -0.15) is 0 Å². The number of halogens is 1. The highest BCUT2D eigenvalue weighted by Gasteiger charge is 2.20. The summed E-state index contributed by atoms with van der Waals surface area (Å²) in [4.78, 5) is 12.4. The van der Waals surface area contributed by atoms with Crippen LogP contribution < -0.4 is 0 Å². The van der Waals surface area contributed by atoms with Crippen LogP contribution in [0.15, 0.2) is 58.2 Å². The number of Topliss-reactive ketones (excluding diaryl/α,β-unsaturated/α-hetero) is 1. The molecule has 0 saturated heterocycles. The lowest BCUT2D eigenvalue weighted by Crippen LogP contribution is -2.13. The molecular formula is C18H15FN2O2S. The number of hydrogen-bond donors (Lipinski definition) is 0. The molecule has 0 aliphatic carbocycles. The first kappa shape index (κ1) is 16.4. The van der Waals surface area contributed by atoms with Crippen LogP contribution in [0.4, 0.5) is 4.39 Å². The molecule has 3 rings (SSSR count). The average Bonchev–Trinajstić information content (AvgIpc) is 3.04. The van der Waals surface area contributed by atoms with Gasteiger partial charge < -0.3 is 4.42 Å². The summed E-state index contributed by atoms with van der Waals surface area (Å²) in [6.45, 7) is 3.77. The van der Waals surface area contributed by atoms with Crippen LogP contribution in [0.5, 0.6) is 0 Å². The van der Waals surface area contributed by atoms with Crippen LogP contribution in [0.3, 0.4) is 0 Å². The van der Waals surface area contributed by atoms with Crippen LogP contribution in [-0.4, -0.2) is 21.2 Å². The fourth-order valence-electron chi connectivity index (χ4n) is 2.12. The molecule has 122 valence electrons. The SMILES string of the molecule is Cc1ccc(C(=O)C(C)Sc2nnc(-c3ccc(F)cc3)o2)cc1. The van der Waals surface area contributed by atoms with Gasteiger partial charge in [0.2, 0.25) is 5.89 Å². The highest BCUT2D eigenvalue weighted by molar-refractivity contribution is 8.00. The number of rotatable bonds is 5. The lowest BCUT2D eigenvalue weighted by molar-refractivity contribution is 0.0993. The van der Waals surface area contributed by atoms with E-state index in [-0.39, 0.29) is 16.9 Å². The predicted octanol–water partition coefficient (Wildman–Crippen LogP) is 4.55. The van der Waals surface area contributed by atoms with Crippen LogP contribution in [0.2, 0.25) is 0 Å². The van der Waals surface area contributed by atoms with Crippen molar-refractivity contribution in [2.75, 3.05) is 0 Å². The molecule has 1 aromatic heterocycles. The molecule has 0 bridgehead atoms. The lowest BCUT2D eigenvalue weighted by atomic mass is 10.1. The number of aryl methyl sites for hydroxylation is 1. The number of aromatic nitrogens is 2. The summed E-state index contributed by atoms with van der Waals surface area (Å²) in [5, 5.41) is 7.84. The molecule has 4 nitrogen and oxygen atoms in total. The topological polar surface area (TPSA) is 56.0 Å². The summed E-state index contributed by atoms with van der Waals surface area (Å²) in [5.74, 6) is -0.0285. The van der Waals surface area contributed by atoms with Gasteiger partial charge in [-0.3, -0.25) is 4.79 Å². The molecule has 0 saturated carbocycles. The lowest BCUT2D eigenvalue weighted by Gasteiger charge is -2.07. The number of carbonyl (C=O) groups excluding carboxylic acids is 1. The van der Waals surface area contributed by atoms with Gasteiger partial charge in [0, 0.05) is 11.1 Å². The van der Waals surface area contributed by atoms with Crippen LogP contribution in [-0.2, 0) is 0 Å². The van der Waals surface area contributed by atoms with Crippen molar-refractivity contribution in [1.82, 2.24) is 10.2 Å². The second kappa shape index (κ2) is 6.97. The largest absolute Gasteiger partial charge is 0.411 e. The fraction of sp³-hybridized carbons (Fsp3) is 0.167. The van der Waals surface area contributed by atoms with Crippen LogP contribution in [0.25, 0.3) is 11.5 Å². The highest BCUT2D eigenvalue weighted by Crippen LogP contribution is 2.27. The molecule has 0 aliphatic rings. The standard InChI is InChI=1S/C18H15FN2O2S/c1-11-3-5-13(6-4-11)16(22)12(2)24-18-21-20-17(23-18)14-7-9-15(19)10-8-14/h3-10,12H,1-2H3. The summed E-state index contributed by atoms with van der Waals surface area (Å²) in [5.41, 5.74) is 2.39. The number of carbonyl (C=O) groups is 1. The highest BCUT2D eigenvalue weighted by atomic mass is 32.2. The number of benzene rings is 2. The molecule has 2 aromatic carbocycles. The maximum Gasteiger partial charge on any atom is 0.277 e. The van der Waals surface area contributed by atoms with Gasteiger partial charge in [0.1, 0.15) is 5.82 Å². The predicted molar refractivity (Wildman–Crippen MR) is 90.5 cm³/mol. The van der Waals surface area contributed by atoms with Crippen molar-refractivity contribution in [3.05, 3.63) is 65.5 Å². The summed E-state index contributed by atoms with van der Waals surface area (Å²) < 4.78 is 18.5. The molecule has 24 heavy (non-hydrogen) atoms. The van der Waals surface area contributed by atoms with E-state index in [0.717, 1.165) is 5.56 Å². The van der Waals surface area contributed by atoms with Gasteiger partial charge in [0.05, 0.1) is 5.25 Å². The van der Waals surface area contributed by atoms with Crippen molar-refractivity contribution in [3.8, 4) is 11.5 Å². The Hall–Kier alpha value is -2.47. The van der Waals surface area contributed by atoms with Crippen molar-refractivity contribution in [2.45, 2.75) is 24.3 Å². The van der Waals surface area contributed by atoms with Crippen molar-refractivity contribution in [2.24, 2.45) is 0 Å². The molecule has 0 radical (unpaired) electrons. The number of nitrogens with zero attached hydrogens (tertiary/aromatic N) is 2. The summed E-state index contributed by atoms with van der Waals surface area (Å²) >= 11 is 1.21. The van der Waals surface area contributed by atoms with Crippen LogP contribution in [0, 0.1) is 12.7 Å². The van der Waals surface area contributed by atoms with Crippen molar-refractivity contribution >= 4 is 17.5 Å². The Labute approximate surface area is 143 Å². The molecule has 0 N–H and O–H groups in total. The molecule has 0 aliphatic heterocycles. The molecule has 0 spiro atoms. The van der Waals surface area contributed by atoms with E-state index in [1.54, 1.807) is 19.1 Å². The maximum absolute atomic E-state index is 12.9. The summed E-state index contributed by atoms with van der Waals surface area (Å²) in [6, 6.07) is 13.2. The van der Waals surface area contributed by atoms with Gasteiger partial charge in [-0.05, 0) is 38.1 Å². The van der Waals surface area contributed by atoms with E-state index in [1.807, 2.05) is 31.2 Å². The minimum atomic E-state index is -0.353. The molecule has 1 atom stereocenters. The quantitative estimate of drug-likeness (QED) is 0.503. The monoisotopic (exact) mass is 342 g/mol. The Morgan fingerprint density at radius 1 is 1.08 bits per heavy atom. The molecule has 1 unspecified atom stereocenters. The Kier molecular flexibility index (Phi) is 4.76. The van der Waals surface area contributed by atoms with Crippen molar-refractivity contribution in [1.29, 1.82) is 0 Å². The van der Waals surface area contributed by atoms with Gasteiger partial charge in [-0.25, -0.2) is 4.39 Å². The third kappa shape index (κ3) is 3.71. The first-order valence-electron chi connectivity index (χ1n) is 7.40. The fourth-order valence-corrected chi connectivity index (χ4v) is 2.88. The normalized spacial score (nSPS) is 12.1. The van der Waals surface area contributed by atoms with E-state index >= 15 is 0 Å². The Morgan fingerprint density at radius 2 is 1.75 bits per heavy atom. The third-order valence-electron chi connectivity index (χ3n) is 3.48. The number of ketones is 1.